The van der Waals surface area contributed by atoms with Gasteiger partial charge in [-0.05, 0) is 13.3 Å². The maximum atomic E-state index is 4.24. The van der Waals surface area contributed by atoms with Gasteiger partial charge >= 0.3 is 0 Å². The second kappa shape index (κ2) is 4.23. The molecule has 0 bridgehead atoms. The number of piperazine rings is 1. The predicted molar refractivity (Wildman–Crippen MR) is 62.1 cm³/mol. The van der Waals surface area contributed by atoms with Crippen LogP contribution in [-0.2, 0) is 7.05 Å². The van der Waals surface area contributed by atoms with Gasteiger partial charge in [-0.3, -0.25) is 4.68 Å². The van der Waals surface area contributed by atoms with Crippen LogP contribution in [0.1, 0.15) is 20.3 Å². The Morgan fingerprint density at radius 2 is 2.40 bits per heavy atom. The van der Waals surface area contributed by atoms with Gasteiger partial charge in [-0.1, -0.05) is 6.92 Å². The molecular weight excluding hydrogens is 188 g/mol. The average molecular weight is 208 g/mol. The Morgan fingerprint density at radius 3 is 3.00 bits per heavy atom. The Bertz CT molecular complexity index is 320. The van der Waals surface area contributed by atoms with E-state index in [1.807, 2.05) is 17.9 Å². The van der Waals surface area contributed by atoms with Gasteiger partial charge in [0.25, 0.3) is 0 Å². The van der Waals surface area contributed by atoms with Crippen LogP contribution in [0.5, 0.6) is 0 Å². The van der Waals surface area contributed by atoms with Crippen molar-refractivity contribution in [2.45, 2.75) is 32.4 Å². The SMILES string of the molecule is CCC1CNC(C)CN1c1cnn(C)c1. The molecule has 0 aromatic carbocycles. The molecule has 84 valence electrons. The van der Waals surface area contributed by atoms with Crippen LogP contribution in [0, 0.1) is 0 Å². The maximum absolute atomic E-state index is 4.24. The maximum Gasteiger partial charge on any atom is 0.0755 e. The number of nitrogens with one attached hydrogen (secondary N) is 1. The monoisotopic (exact) mass is 208 g/mol. The molecule has 1 aromatic rings. The van der Waals surface area contributed by atoms with Gasteiger partial charge in [0.2, 0.25) is 0 Å². The van der Waals surface area contributed by atoms with Gasteiger partial charge in [0.15, 0.2) is 0 Å². The highest BCUT2D eigenvalue weighted by Gasteiger charge is 2.25. The summed E-state index contributed by atoms with van der Waals surface area (Å²) in [6.07, 6.45) is 5.23. The molecule has 4 heteroatoms. The quantitative estimate of drug-likeness (QED) is 0.787. The third-order valence-corrected chi connectivity index (χ3v) is 3.11. The molecule has 15 heavy (non-hydrogen) atoms. The zero-order chi connectivity index (χ0) is 10.8. The largest absolute Gasteiger partial charge is 0.363 e. The van der Waals surface area contributed by atoms with Crippen LogP contribution in [0.15, 0.2) is 12.4 Å². The Hall–Kier alpha value is -1.03. The van der Waals surface area contributed by atoms with Gasteiger partial charge in [0, 0.05) is 38.4 Å². The second-order valence-electron chi connectivity index (χ2n) is 4.40. The van der Waals surface area contributed by atoms with Crippen molar-refractivity contribution in [2.24, 2.45) is 7.05 Å². The lowest BCUT2D eigenvalue weighted by atomic mass is 10.1. The van der Waals surface area contributed by atoms with Crippen molar-refractivity contribution in [3.8, 4) is 0 Å². The standard InChI is InChI=1S/C11H20N4/c1-4-10-5-12-9(2)7-15(10)11-6-13-14(3)8-11/h6,8-10,12H,4-5,7H2,1-3H3. The van der Waals surface area contributed by atoms with Gasteiger partial charge in [-0.15, -0.1) is 0 Å². The number of aryl methyl sites for hydroxylation is 1. The van der Waals surface area contributed by atoms with Crippen LogP contribution >= 0.6 is 0 Å². The van der Waals surface area contributed by atoms with E-state index < -0.39 is 0 Å². The number of hydrogen-bond acceptors (Lipinski definition) is 3. The number of hydrogen-bond donors (Lipinski definition) is 1. The Morgan fingerprint density at radius 1 is 1.60 bits per heavy atom. The Balaban J connectivity index is 2.16. The number of anilines is 1. The number of rotatable bonds is 2. The third kappa shape index (κ3) is 2.15. The fourth-order valence-electron chi connectivity index (χ4n) is 2.19. The van der Waals surface area contributed by atoms with E-state index >= 15 is 0 Å². The summed E-state index contributed by atoms with van der Waals surface area (Å²) in [5, 5.41) is 7.76. The molecule has 1 saturated heterocycles. The van der Waals surface area contributed by atoms with Crippen molar-refractivity contribution in [3.05, 3.63) is 12.4 Å². The fourth-order valence-corrected chi connectivity index (χ4v) is 2.19. The Kier molecular flexibility index (Phi) is 2.95. The molecule has 0 saturated carbocycles. The molecule has 0 amide bonds. The first-order chi connectivity index (χ1) is 7.20. The van der Waals surface area contributed by atoms with Gasteiger partial charge in [0.1, 0.15) is 0 Å². The van der Waals surface area contributed by atoms with E-state index in [9.17, 15) is 0 Å². The molecule has 1 aliphatic heterocycles. The molecule has 1 fully saturated rings. The van der Waals surface area contributed by atoms with Crippen LogP contribution in [0.3, 0.4) is 0 Å². The molecule has 0 spiro atoms. The number of aromatic nitrogens is 2. The first-order valence-electron chi connectivity index (χ1n) is 5.69. The third-order valence-electron chi connectivity index (χ3n) is 3.11. The minimum atomic E-state index is 0.563. The summed E-state index contributed by atoms with van der Waals surface area (Å²) in [7, 11) is 1.97. The molecule has 1 N–H and O–H groups in total. The highest BCUT2D eigenvalue weighted by molar-refractivity contribution is 5.44. The van der Waals surface area contributed by atoms with Crippen molar-refractivity contribution >= 4 is 5.69 Å². The topological polar surface area (TPSA) is 33.1 Å². The fraction of sp³-hybridized carbons (Fsp3) is 0.727. The van der Waals surface area contributed by atoms with Gasteiger partial charge in [0.05, 0.1) is 11.9 Å². The molecular formula is C11H20N4. The summed E-state index contributed by atoms with van der Waals surface area (Å²) < 4.78 is 1.87. The van der Waals surface area contributed by atoms with Crippen LogP contribution in [0.2, 0.25) is 0 Å². The lowest BCUT2D eigenvalue weighted by Gasteiger charge is -2.39. The van der Waals surface area contributed by atoms with Gasteiger partial charge < -0.3 is 10.2 Å². The molecule has 4 nitrogen and oxygen atoms in total. The first-order valence-corrected chi connectivity index (χ1v) is 5.69. The molecule has 2 unspecified atom stereocenters. The van der Waals surface area contributed by atoms with Crippen molar-refractivity contribution < 1.29 is 0 Å². The van der Waals surface area contributed by atoms with Crippen molar-refractivity contribution in [3.63, 3.8) is 0 Å². The second-order valence-corrected chi connectivity index (χ2v) is 4.40. The molecule has 2 atom stereocenters. The normalized spacial score (nSPS) is 27.0. The summed E-state index contributed by atoms with van der Waals surface area (Å²) in [5.74, 6) is 0. The molecule has 0 radical (unpaired) electrons. The van der Waals surface area contributed by atoms with Crippen molar-refractivity contribution in [1.82, 2.24) is 15.1 Å². The predicted octanol–water partition coefficient (Wildman–Crippen LogP) is 0.997. The van der Waals surface area contributed by atoms with E-state index in [1.165, 1.54) is 12.1 Å². The van der Waals surface area contributed by atoms with Crippen LogP contribution in [-0.4, -0.2) is 35.0 Å². The summed E-state index contributed by atoms with van der Waals surface area (Å²) in [6, 6.07) is 1.17. The van der Waals surface area contributed by atoms with Crippen LogP contribution in [0.4, 0.5) is 5.69 Å². The van der Waals surface area contributed by atoms with Crippen LogP contribution < -0.4 is 10.2 Å². The summed E-state index contributed by atoms with van der Waals surface area (Å²) in [6.45, 7) is 6.62. The zero-order valence-electron chi connectivity index (χ0n) is 9.77. The van der Waals surface area contributed by atoms with E-state index in [1.54, 1.807) is 0 Å². The van der Waals surface area contributed by atoms with E-state index in [4.69, 9.17) is 0 Å². The number of nitrogens with zero attached hydrogens (tertiary/aromatic N) is 3. The van der Waals surface area contributed by atoms with Crippen molar-refractivity contribution in [1.29, 1.82) is 0 Å². The van der Waals surface area contributed by atoms with E-state index in [-0.39, 0.29) is 0 Å². The zero-order valence-corrected chi connectivity index (χ0v) is 9.77. The lowest BCUT2D eigenvalue weighted by molar-refractivity contribution is 0.402. The minimum absolute atomic E-state index is 0.563. The molecule has 2 heterocycles. The van der Waals surface area contributed by atoms with Crippen molar-refractivity contribution in [2.75, 3.05) is 18.0 Å². The van der Waals surface area contributed by atoms with Gasteiger partial charge in [-0.2, -0.15) is 5.10 Å². The molecule has 1 aromatic heterocycles. The highest BCUT2D eigenvalue weighted by atomic mass is 15.3. The Labute approximate surface area is 91.3 Å². The summed E-state index contributed by atoms with van der Waals surface area (Å²) in [4.78, 5) is 2.47. The minimum Gasteiger partial charge on any atom is -0.363 e. The molecule has 1 aliphatic rings. The molecule has 0 aliphatic carbocycles. The average Bonchev–Trinajstić information content (AvgIpc) is 2.65. The molecule has 2 rings (SSSR count). The summed E-state index contributed by atoms with van der Waals surface area (Å²) >= 11 is 0. The van der Waals surface area contributed by atoms with E-state index in [2.05, 4.69) is 35.4 Å². The van der Waals surface area contributed by atoms with E-state index in [0.717, 1.165) is 13.1 Å². The lowest BCUT2D eigenvalue weighted by Crippen LogP contribution is -2.55. The van der Waals surface area contributed by atoms with E-state index in [0.29, 0.717) is 12.1 Å². The van der Waals surface area contributed by atoms with Gasteiger partial charge in [-0.25, -0.2) is 0 Å². The van der Waals surface area contributed by atoms with Crippen LogP contribution in [0.25, 0.3) is 0 Å². The summed E-state index contributed by atoms with van der Waals surface area (Å²) in [5.41, 5.74) is 1.25. The first kappa shape index (κ1) is 10.5. The smallest absolute Gasteiger partial charge is 0.0755 e. The highest BCUT2D eigenvalue weighted by Crippen LogP contribution is 2.20.